The number of nitrogens with zero attached hydrogens (tertiary/aromatic N) is 4. The molecule has 7 heteroatoms. The maximum absolute atomic E-state index is 12.3. The Labute approximate surface area is 152 Å². The summed E-state index contributed by atoms with van der Waals surface area (Å²) in [6.07, 6.45) is 2.37. The molecule has 1 aliphatic heterocycles. The van der Waals surface area contributed by atoms with Crippen LogP contribution >= 0.6 is 11.6 Å². The van der Waals surface area contributed by atoms with Crippen molar-refractivity contribution in [3.8, 4) is 0 Å². The van der Waals surface area contributed by atoms with E-state index in [1.807, 2.05) is 17.0 Å². The molecule has 2 aromatic rings. The zero-order valence-electron chi connectivity index (χ0n) is 14.4. The summed E-state index contributed by atoms with van der Waals surface area (Å²) in [5.41, 5.74) is 1.31. The number of rotatable bonds is 6. The minimum Gasteiger partial charge on any atom is -0.340 e. The highest BCUT2D eigenvalue weighted by Gasteiger charge is 2.22. The van der Waals surface area contributed by atoms with E-state index in [2.05, 4.69) is 27.2 Å². The number of aryl methyl sites for hydroxylation is 2. The Hall–Kier alpha value is -1.92. The molecular formula is C18H23ClN4O2. The van der Waals surface area contributed by atoms with Gasteiger partial charge in [-0.25, -0.2) is 0 Å². The molecule has 1 saturated heterocycles. The molecule has 0 bridgehead atoms. The van der Waals surface area contributed by atoms with Crippen LogP contribution in [0.4, 0.5) is 0 Å². The Morgan fingerprint density at radius 1 is 1.20 bits per heavy atom. The van der Waals surface area contributed by atoms with Crippen molar-refractivity contribution in [2.24, 2.45) is 0 Å². The number of amides is 1. The van der Waals surface area contributed by atoms with Gasteiger partial charge in [0.1, 0.15) is 0 Å². The maximum Gasteiger partial charge on any atom is 0.230 e. The van der Waals surface area contributed by atoms with Crippen LogP contribution in [0, 0.1) is 6.92 Å². The molecule has 134 valence electrons. The van der Waals surface area contributed by atoms with Crippen LogP contribution in [-0.2, 0) is 17.6 Å². The zero-order valence-corrected chi connectivity index (χ0v) is 15.2. The van der Waals surface area contributed by atoms with E-state index in [-0.39, 0.29) is 12.3 Å². The SMILES string of the molecule is Cc1nc(CC(=O)N2CCN(CCCc3ccc(Cl)cc3)CC2)no1. The highest BCUT2D eigenvalue weighted by Crippen LogP contribution is 2.12. The molecular weight excluding hydrogens is 340 g/mol. The second-order valence-electron chi connectivity index (χ2n) is 6.36. The second kappa shape index (κ2) is 8.45. The van der Waals surface area contributed by atoms with Crippen LogP contribution in [0.25, 0.3) is 0 Å². The first-order valence-corrected chi connectivity index (χ1v) is 9.02. The summed E-state index contributed by atoms with van der Waals surface area (Å²) in [5, 5.41) is 4.57. The molecule has 1 amide bonds. The van der Waals surface area contributed by atoms with Crippen LogP contribution < -0.4 is 0 Å². The highest BCUT2D eigenvalue weighted by molar-refractivity contribution is 6.30. The van der Waals surface area contributed by atoms with E-state index >= 15 is 0 Å². The molecule has 0 unspecified atom stereocenters. The Morgan fingerprint density at radius 2 is 1.92 bits per heavy atom. The van der Waals surface area contributed by atoms with Crippen LogP contribution in [0.1, 0.15) is 23.7 Å². The lowest BCUT2D eigenvalue weighted by Crippen LogP contribution is -2.49. The molecule has 3 rings (SSSR count). The van der Waals surface area contributed by atoms with Crippen LogP contribution in [-0.4, -0.2) is 58.6 Å². The molecule has 1 aromatic carbocycles. The van der Waals surface area contributed by atoms with Gasteiger partial charge in [-0.2, -0.15) is 4.98 Å². The highest BCUT2D eigenvalue weighted by atomic mass is 35.5. The Kier molecular flexibility index (Phi) is 6.04. The molecule has 1 fully saturated rings. The lowest BCUT2D eigenvalue weighted by molar-refractivity contribution is -0.132. The van der Waals surface area contributed by atoms with E-state index in [1.165, 1.54) is 5.56 Å². The Morgan fingerprint density at radius 3 is 2.56 bits per heavy atom. The summed E-state index contributed by atoms with van der Waals surface area (Å²) < 4.78 is 4.91. The van der Waals surface area contributed by atoms with Crippen molar-refractivity contribution < 1.29 is 9.32 Å². The third-order valence-corrected chi connectivity index (χ3v) is 4.71. The van der Waals surface area contributed by atoms with Gasteiger partial charge in [0.25, 0.3) is 0 Å². The first kappa shape index (κ1) is 17.9. The number of benzene rings is 1. The Bertz CT molecular complexity index is 693. The van der Waals surface area contributed by atoms with E-state index in [1.54, 1.807) is 6.92 Å². The molecule has 0 atom stereocenters. The fourth-order valence-electron chi connectivity index (χ4n) is 3.04. The number of halogens is 1. The monoisotopic (exact) mass is 362 g/mol. The zero-order chi connectivity index (χ0) is 17.6. The van der Waals surface area contributed by atoms with Crippen LogP contribution in [0.2, 0.25) is 5.02 Å². The van der Waals surface area contributed by atoms with Crippen LogP contribution in [0.15, 0.2) is 28.8 Å². The minimum atomic E-state index is 0.0709. The lowest BCUT2D eigenvalue weighted by atomic mass is 10.1. The lowest BCUT2D eigenvalue weighted by Gasteiger charge is -2.34. The van der Waals surface area contributed by atoms with Gasteiger partial charge in [-0.15, -0.1) is 0 Å². The van der Waals surface area contributed by atoms with Crippen molar-refractivity contribution in [2.45, 2.75) is 26.2 Å². The van der Waals surface area contributed by atoms with Crippen molar-refractivity contribution in [3.05, 3.63) is 46.6 Å². The predicted octanol–water partition coefficient (Wildman–Crippen LogP) is 2.35. The largest absolute Gasteiger partial charge is 0.340 e. The normalized spacial score (nSPS) is 15.5. The molecule has 25 heavy (non-hydrogen) atoms. The third kappa shape index (κ3) is 5.28. The molecule has 0 radical (unpaired) electrons. The van der Waals surface area contributed by atoms with Crippen molar-refractivity contribution in [1.29, 1.82) is 0 Å². The predicted molar refractivity (Wildman–Crippen MR) is 95.5 cm³/mol. The van der Waals surface area contributed by atoms with Gasteiger partial charge in [0.05, 0.1) is 6.42 Å². The van der Waals surface area contributed by atoms with Gasteiger partial charge in [-0.1, -0.05) is 28.9 Å². The first-order valence-electron chi connectivity index (χ1n) is 8.64. The number of piperazine rings is 1. The van der Waals surface area contributed by atoms with Crippen LogP contribution in [0.3, 0.4) is 0 Å². The molecule has 0 N–H and O–H groups in total. The molecule has 0 spiro atoms. The smallest absolute Gasteiger partial charge is 0.230 e. The van der Waals surface area contributed by atoms with Gasteiger partial charge < -0.3 is 9.42 Å². The number of carbonyl (C=O) groups excluding carboxylic acids is 1. The summed E-state index contributed by atoms with van der Waals surface area (Å²) in [4.78, 5) is 20.7. The van der Waals surface area contributed by atoms with E-state index in [0.717, 1.165) is 50.6 Å². The topological polar surface area (TPSA) is 62.5 Å². The molecule has 0 saturated carbocycles. The van der Waals surface area contributed by atoms with Gasteiger partial charge in [-0.05, 0) is 37.1 Å². The standard InChI is InChI=1S/C18H23ClN4O2/c1-14-20-17(21-25-14)13-18(24)23-11-9-22(10-12-23)8-2-3-15-4-6-16(19)7-5-15/h4-7H,2-3,8-13H2,1H3. The second-order valence-corrected chi connectivity index (χ2v) is 6.80. The van der Waals surface area contributed by atoms with Crippen molar-refractivity contribution in [2.75, 3.05) is 32.7 Å². The van der Waals surface area contributed by atoms with Crippen molar-refractivity contribution in [1.82, 2.24) is 19.9 Å². The third-order valence-electron chi connectivity index (χ3n) is 4.46. The van der Waals surface area contributed by atoms with E-state index in [4.69, 9.17) is 16.1 Å². The summed E-state index contributed by atoms with van der Waals surface area (Å²) in [6.45, 7) is 6.13. The number of hydrogen-bond donors (Lipinski definition) is 0. The maximum atomic E-state index is 12.3. The van der Waals surface area contributed by atoms with E-state index in [9.17, 15) is 4.79 Å². The summed E-state index contributed by atoms with van der Waals surface area (Å²) in [7, 11) is 0. The fraction of sp³-hybridized carbons (Fsp3) is 0.500. The first-order chi connectivity index (χ1) is 12.1. The minimum absolute atomic E-state index is 0.0709. The van der Waals surface area contributed by atoms with Crippen molar-refractivity contribution >= 4 is 17.5 Å². The Balaban J connectivity index is 1.36. The van der Waals surface area contributed by atoms with E-state index < -0.39 is 0 Å². The average Bonchev–Trinajstić information content (AvgIpc) is 3.02. The van der Waals surface area contributed by atoms with Gasteiger partial charge in [0.15, 0.2) is 5.82 Å². The number of aromatic nitrogens is 2. The molecule has 1 aliphatic rings. The van der Waals surface area contributed by atoms with Gasteiger partial charge in [0.2, 0.25) is 11.8 Å². The summed E-state index contributed by atoms with van der Waals surface area (Å²) in [6, 6.07) is 8.04. The number of hydrogen-bond acceptors (Lipinski definition) is 5. The molecule has 0 aliphatic carbocycles. The molecule has 2 heterocycles. The summed E-state index contributed by atoms with van der Waals surface area (Å²) in [5.74, 6) is 1.03. The fourth-order valence-corrected chi connectivity index (χ4v) is 3.16. The van der Waals surface area contributed by atoms with Gasteiger partial charge in [-0.3, -0.25) is 9.69 Å². The molecule has 1 aromatic heterocycles. The summed E-state index contributed by atoms with van der Waals surface area (Å²) >= 11 is 5.91. The average molecular weight is 363 g/mol. The van der Waals surface area contributed by atoms with Crippen LogP contribution in [0.5, 0.6) is 0 Å². The van der Waals surface area contributed by atoms with Gasteiger partial charge in [0, 0.05) is 38.1 Å². The molecule has 6 nitrogen and oxygen atoms in total. The van der Waals surface area contributed by atoms with E-state index in [0.29, 0.717) is 11.7 Å². The quantitative estimate of drug-likeness (QED) is 0.789. The van der Waals surface area contributed by atoms with Gasteiger partial charge >= 0.3 is 0 Å². The van der Waals surface area contributed by atoms with Crippen molar-refractivity contribution in [3.63, 3.8) is 0 Å². The number of carbonyl (C=O) groups is 1.